The highest BCUT2D eigenvalue weighted by atomic mass is 16.6. The van der Waals surface area contributed by atoms with Gasteiger partial charge in [0.25, 0.3) is 5.69 Å². The van der Waals surface area contributed by atoms with Gasteiger partial charge in [-0.2, -0.15) is 0 Å². The third-order valence-electron chi connectivity index (χ3n) is 3.19. The van der Waals surface area contributed by atoms with Gasteiger partial charge in [-0.25, -0.2) is 0 Å². The van der Waals surface area contributed by atoms with E-state index in [4.69, 9.17) is 4.84 Å². The maximum Gasteiger partial charge on any atom is 0.269 e. The number of nitrogens with zero attached hydrogens (tertiary/aromatic N) is 2. The van der Waals surface area contributed by atoms with Crippen LogP contribution in [0.25, 0.3) is 0 Å². The van der Waals surface area contributed by atoms with Crippen LogP contribution in [-0.2, 0) is 11.4 Å². The Morgan fingerprint density at radius 1 is 1.27 bits per heavy atom. The number of phenolic OH excluding ortho intramolecular Hbond substituents is 1. The Hall–Kier alpha value is -2.89. The molecule has 0 aliphatic heterocycles. The van der Waals surface area contributed by atoms with Gasteiger partial charge in [-0.05, 0) is 60.9 Å². The highest BCUT2D eigenvalue weighted by molar-refractivity contribution is 5.98. The Kier molecular flexibility index (Phi) is 4.73. The molecule has 114 valence electrons. The second-order valence-corrected chi connectivity index (χ2v) is 4.87. The third-order valence-corrected chi connectivity index (χ3v) is 3.19. The van der Waals surface area contributed by atoms with E-state index in [-0.39, 0.29) is 18.0 Å². The van der Waals surface area contributed by atoms with Crippen molar-refractivity contribution in [2.45, 2.75) is 20.5 Å². The maximum absolute atomic E-state index is 10.6. The summed E-state index contributed by atoms with van der Waals surface area (Å²) < 4.78 is 0. The molecule has 2 aromatic rings. The number of benzene rings is 2. The lowest BCUT2D eigenvalue weighted by Crippen LogP contribution is -1.97. The zero-order valence-electron chi connectivity index (χ0n) is 12.3. The lowest BCUT2D eigenvalue weighted by molar-refractivity contribution is -0.384. The Morgan fingerprint density at radius 3 is 2.55 bits per heavy atom. The first-order valence-corrected chi connectivity index (χ1v) is 6.67. The van der Waals surface area contributed by atoms with Crippen molar-refractivity contribution in [2.24, 2.45) is 5.16 Å². The molecule has 0 unspecified atom stereocenters. The fourth-order valence-electron chi connectivity index (χ4n) is 1.85. The Labute approximate surface area is 127 Å². The van der Waals surface area contributed by atoms with Crippen LogP contribution in [0.2, 0.25) is 0 Å². The summed E-state index contributed by atoms with van der Waals surface area (Å²) in [6.07, 6.45) is 0. The first-order chi connectivity index (χ1) is 10.5. The molecule has 6 heteroatoms. The summed E-state index contributed by atoms with van der Waals surface area (Å²) in [7, 11) is 0. The van der Waals surface area contributed by atoms with Crippen molar-refractivity contribution >= 4 is 11.4 Å². The summed E-state index contributed by atoms with van der Waals surface area (Å²) in [5, 5.41) is 24.1. The molecular formula is C16H16N2O4. The molecule has 0 amide bonds. The standard InChI is InChI=1S/C16H16N2O4/c1-11-9-14(5-8-16(11)19)12(2)17-22-10-13-3-6-15(7-4-13)18(20)21/h3-9,19H,10H2,1-2H3/b17-12+. The molecule has 0 saturated heterocycles. The predicted octanol–water partition coefficient (Wildman–Crippen LogP) is 3.55. The molecule has 0 radical (unpaired) electrons. The fraction of sp³-hybridized carbons (Fsp3) is 0.188. The summed E-state index contributed by atoms with van der Waals surface area (Å²) in [5.74, 6) is 0.239. The second kappa shape index (κ2) is 6.71. The van der Waals surface area contributed by atoms with Gasteiger partial charge in [0, 0.05) is 12.1 Å². The van der Waals surface area contributed by atoms with Crippen LogP contribution in [0.1, 0.15) is 23.6 Å². The summed E-state index contributed by atoms with van der Waals surface area (Å²) in [4.78, 5) is 15.4. The van der Waals surface area contributed by atoms with E-state index in [0.717, 1.165) is 16.7 Å². The molecule has 0 heterocycles. The van der Waals surface area contributed by atoms with Gasteiger partial charge in [0.1, 0.15) is 12.4 Å². The molecule has 2 aromatic carbocycles. The quantitative estimate of drug-likeness (QED) is 0.520. The van der Waals surface area contributed by atoms with Gasteiger partial charge in [0.05, 0.1) is 10.6 Å². The van der Waals surface area contributed by atoms with Crippen molar-refractivity contribution in [1.82, 2.24) is 0 Å². The lowest BCUT2D eigenvalue weighted by atomic mass is 10.1. The summed E-state index contributed by atoms with van der Waals surface area (Å²) in [6.45, 7) is 3.85. The first kappa shape index (κ1) is 15.5. The SMILES string of the molecule is C/C(=N\OCc1ccc([N+](=O)[O-])cc1)c1ccc(O)c(C)c1. The average Bonchev–Trinajstić information content (AvgIpc) is 2.50. The molecule has 0 fully saturated rings. The number of rotatable bonds is 5. The number of hydrogen-bond acceptors (Lipinski definition) is 5. The number of nitro benzene ring substituents is 1. The second-order valence-electron chi connectivity index (χ2n) is 4.87. The Morgan fingerprint density at radius 2 is 1.95 bits per heavy atom. The number of aromatic hydroxyl groups is 1. The molecule has 0 spiro atoms. The van der Waals surface area contributed by atoms with Crippen molar-refractivity contribution in [2.75, 3.05) is 0 Å². The zero-order chi connectivity index (χ0) is 16.1. The summed E-state index contributed by atoms with van der Waals surface area (Å²) >= 11 is 0. The van der Waals surface area contributed by atoms with Gasteiger partial charge in [-0.3, -0.25) is 10.1 Å². The van der Waals surface area contributed by atoms with Crippen molar-refractivity contribution in [3.8, 4) is 5.75 Å². The molecular weight excluding hydrogens is 284 g/mol. The van der Waals surface area contributed by atoms with E-state index in [1.165, 1.54) is 12.1 Å². The van der Waals surface area contributed by atoms with Gasteiger partial charge in [0.2, 0.25) is 0 Å². The smallest absolute Gasteiger partial charge is 0.269 e. The Balaban J connectivity index is 1.99. The molecule has 0 bridgehead atoms. The first-order valence-electron chi connectivity index (χ1n) is 6.67. The van der Waals surface area contributed by atoms with Crippen molar-refractivity contribution < 1.29 is 14.9 Å². The maximum atomic E-state index is 10.6. The minimum absolute atomic E-state index is 0.0444. The normalized spacial score (nSPS) is 11.3. The molecule has 6 nitrogen and oxygen atoms in total. The number of non-ortho nitro benzene ring substituents is 1. The minimum atomic E-state index is -0.444. The number of oxime groups is 1. The van der Waals surface area contributed by atoms with E-state index in [9.17, 15) is 15.2 Å². The minimum Gasteiger partial charge on any atom is -0.508 e. The number of aryl methyl sites for hydroxylation is 1. The van der Waals surface area contributed by atoms with Crippen LogP contribution in [0.5, 0.6) is 5.75 Å². The van der Waals surface area contributed by atoms with E-state index in [0.29, 0.717) is 5.71 Å². The molecule has 0 aliphatic rings. The van der Waals surface area contributed by atoms with Crippen molar-refractivity contribution in [3.05, 3.63) is 69.3 Å². The van der Waals surface area contributed by atoms with E-state index in [2.05, 4.69) is 5.16 Å². The van der Waals surface area contributed by atoms with Gasteiger partial charge in [0.15, 0.2) is 0 Å². The molecule has 22 heavy (non-hydrogen) atoms. The number of hydrogen-bond donors (Lipinski definition) is 1. The average molecular weight is 300 g/mol. The van der Waals surface area contributed by atoms with Crippen molar-refractivity contribution in [1.29, 1.82) is 0 Å². The topological polar surface area (TPSA) is 85.0 Å². The molecule has 2 rings (SSSR count). The summed E-state index contributed by atoms with van der Waals surface area (Å²) in [5.41, 5.74) is 3.15. The van der Waals surface area contributed by atoms with Crippen LogP contribution in [0.4, 0.5) is 5.69 Å². The highest BCUT2D eigenvalue weighted by Crippen LogP contribution is 2.18. The largest absolute Gasteiger partial charge is 0.508 e. The molecule has 0 atom stereocenters. The fourth-order valence-corrected chi connectivity index (χ4v) is 1.85. The molecule has 0 aromatic heterocycles. The van der Waals surface area contributed by atoms with Gasteiger partial charge < -0.3 is 9.94 Å². The van der Waals surface area contributed by atoms with Crippen LogP contribution < -0.4 is 0 Å². The van der Waals surface area contributed by atoms with Crippen LogP contribution in [0, 0.1) is 17.0 Å². The number of phenols is 1. The van der Waals surface area contributed by atoms with Crippen LogP contribution >= 0.6 is 0 Å². The molecule has 0 aliphatic carbocycles. The van der Waals surface area contributed by atoms with Crippen molar-refractivity contribution in [3.63, 3.8) is 0 Å². The van der Waals surface area contributed by atoms with E-state index >= 15 is 0 Å². The van der Waals surface area contributed by atoms with E-state index in [1.807, 2.05) is 19.9 Å². The molecule has 1 N–H and O–H groups in total. The van der Waals surface area contributed by atoms with Gasteiger partial charge >= 0.3 is 0 Å². The monoisotopic (exact) mass is 300 g/mol. The van der Waals surface area contributed by atoms with E-state index in [1.54, 1.807) is 24.3 Å². The zero-order valence-corrected chi connectivity index (χ0v) is 12.3. The van der Waals surface area contributed by atoms with Crippen LogP contribution in [0.3, 0.4) is 0 Å². The van der Waals surface area contributed by atoms with E-state index < -0.39 is 4.92 Å². The predicted molar refractivity (Wildman–Crippen MR) is 82.9 cm³/mol. The van der Waals surface area contributed by atoms with Crippen LogP contribution in [-0.4, -0.2) is 15.7 Å². The molecule has 0 saturated carbocycles. The number of nitro groups is 1. The summed E-state index contributed by atoms with van der Waals surface area (Å²) in [6, 6.07) is 11.3. The van der Waals surface area contributed by atoms with Gasteiger partial charge in [-0.1, -0.05) is 5.16 Å². The Bertz CT molecular complexity index is 709. The highest BCUT2D eigenvalue weighted by Gasteiger charge is 2.05. The lowest BCUT2D eigenvalue weighted by Gasteiger charge is -2.05. The third kappa shape index (κ3) is 3.82. The van der Waals surface area contributed by atoms with Gasteiger partial charge in [-0.15, -0.1) is 0 Å². The van der Waals surface area contributed by atoms with Crippen LogP contribution in [0.15, 0.2) is 47.6 Å².